The van der Waals surface area contributed by atoms with Gasteiger partial charge in [-0.1, -0.05) is 22.0 Å². The summed E-state index contributed by atoms with van der Waals surface area (Å²) in [7, 11) is 3.21. The van der Waals surface area contributed by atoms with Crippen LogP contribution in [0.25, 0.3) is 0 Å². The van der Waals surface area contributed by atoms with Gasteiger partial charge in [-0.3, -0.25) is 0 Å². The second-order valence-corrected chi connectivity index (χ2v) is 6.21. The molecule has 0 saturated carbocycles. The van der Waals surface area contributed by atoms with E-state index in [4.69, 9.17) is 9.47 Å². The monoisotopic (exact) mass is 392 g/mol. The third-order valence-corrected chi connectivity index (χ3v) is 4.02. The Morgan fingerprint density at radius 3 is 2.50 bits per heavy atom. The van der Waals surface area contributed by atoms with Crippen LogP contribution in [0.3, 0.4) is 0 Å². The van der Waals surface area contributed by atoms with Crippen LogP contribution in [0.1, 0.15) is 11.1 Å². The van der Waals surface area contributed by atoms with Gasteiger partial charge < -0.3 is 20.1 Å². The molecule has 2 aromatic carbocycles. The van der Waals surface area contributed by atoms with Gasteiger partial charge in [0.1, 0.15) is 11.5 Å². The molecular formula is C18H21BrN2O3. The standard InChI is InChI=1S/C18H21BrN2O3/c1-12-4-6-17(24-3)15(10-12)21-18(22)20-9-8-13-11-14(19)5-7-16(13)23-2/h4-7,10-11H,8-9H2,1-3H3,(H2,20,21,22). The normalized spacial score (nSPS) is 10.2. The highest BCUT2D eigenvalue weighted by molar-refractivity contribution is 9.10. The van der Waals surface area contributed by atoms with Gasteiger partial charge in [-0.2, -0.15) is 0 Å². The average molecular weight is 393 g/mol. The van der Waals surface area contributed by atoms with Crippen molar-refractivity contribution < 1.29 is 14.3 Å². The SMILES string of the molecule is COc1ccc(Br)cc1CCNC(=O)Nc1cc(C)ccc1OC. The summed E-state index contributed by atoms with van der Waals surface area (Å²) in [5.74, 6) is 1.44. The number of hydrogen-bond donors (Lipinski definition) is 2. The number of carbonyl (C=O) groups excluding carboxylic acids is 1. The van der Waals surface area contributed by atoms with E-state index >= 15 is 0 Å². The van der Waals surface area contributed by atoms with E-state index in [1.165, 1.54) is 0 Å². The first-order valence-electron chi connectivity index (χ1n) is 7.55. The topological polar surface area (TPSA) is 59.6 Å². The number of anilines is 1. The molecular weight excluding hydrogens is 372 g/mol. The molecule has 2 N–H and O–H groups in total. The van der Waals surface area contributed by atoms with Crippen LogP contribution in [0.5, 0.6) is 11.5 Å². The van der Waals surface area contributed by atoms with Gasteiger partial charge in [0, 0.05) is 11.0 Å². The molecule has 2 rings (SSSR count). The van der Waals surface area contributed by atoms with E-state index in [0.717, 1.165) is 21.3 Å². The number of hydrogen-bond acceptors (Lipinski definition) is 3. The van der Waals surface area contributed by atoms with Crippen molar-refractivity contribution in [2.24, 2.45) is 0 Å². The molecule has 0 heterocycles. The molecule has 0 aliphatic heterocycles. The Hall–Kier alpha value is -2.21. The van der Waals surface area contributed by atoms with Crippen LogP contribution in [0.15, 0.2) is 40.9 Å². The van der Waals surface area contributed by atoms with E-state index in [1.54, 1.807) is 14.2 Å². The predicted octanol–water partition coefficient (Wildman–Crippen LogP) is 4.14. The number of methoxy groups -OCH3 is 2. The maximum atomic E-state index is 12.1. The zero-order valence-electron chi connectivity index (χ0n) is 14.0. The van der Waals surface area contributed by atoms with Crippen molar-refractivity contribution in [3.05, 3.63) is 52.0 Å². The first-order chi connectivity index (χ1) is 11.5. The third-order valence-electron chi connectivity index (χ3n) is 3.53. The summed E-state index contributed by atoms with van der Waals surface area (Å²) in [6.07, 6.45) is 0.668. The molecule has 0 bridgehead atoms. The number of carbonyl (C=O) groups is 1. The second-order valence-electron chi connectivity index (χ2n) is 5.29. The Bertz CT molecular complexity index is 719. The summed E-state index contributed by atoms with van der Waals surface area (Å²) < 4.78 is 11.6. The molecule has 6 heteroatoms. The van der Waals surface area contributed by atoms with Crippen LogP contribution in [0.2, 0.25) is 0 Å². The molecule has 2 aromatic rings. The number of nitrogens with one attached hydrogen (secondary N) is 2. The Balaban J connectivity index is 1.92. The number of rotatable bonds is 6. The molecule has 0 spiro atoms. The van der Waals surface area contributed by atoms with Crippen molar-refractivity contribution in [3.63, 3.8) is 0 Å². The Morgan fingerprint density at radius 1 is 1.08 bits per heavy atom. The fourth-order valence-corrected chi connectivity index (χ4v) is 2.75. The molecule has 24 heavy (non-hydrogen) atoms. The molecule has 0 fully saturated rings. The quantitative estimate of drug-likeness (QED) is 0.776. The van der Waals surface area contributed by atoms with E-state index in [2.05, 4.69) is 26.6 Å². The summed E-state index contributed by atoms with van der Waals surface area (Å²) in [5.41, 5.74) is 2.72. The minimum atomic E-state index is -0.270. The van der Waals surface area contributed by atoms with Crippen molar-refractivity contribution in [1.29, 1.82) is 0 Å². The minimum absolute atomic E-state index is 0.270. The highest BCUT2D eigenvalue weighted by atomic mass is 79.9. The Labute approximate surface area is 150 Å². The molecule has 128 valence electrons. The van der Waals surface area contributed by atoms with Gasteiger partial charge in [0.05, 0.1) is 19.9 Å². The summed E-state index contributed by atoms with van der Waals surface area (Å²) in [6.45, 7) is 2.45. The van der Waals surface area contributed by atoms with Crippen molar-refractivity contribution in [1.82, 2.24) is 5.32 Å². The van der Waals surface area contributed by atoms with Crippen LogP contribution >= 0.6 is 15.9 Å². The van der Waals surface area contributed by atoms with E-state index in [-0.39, 0.29) is 6.03 Å². The largest absolute Gasteiger partial charge is 0.496 e. The van der Waals surface area contributed by atoms with E-state index < -0.39 is 0 Å². The Morgan fingerprint density at radius 2 is 1.79 bits per heavy atom. The summed E-state index contributed by atoms with van der Waals surface area (Å²) in [5, 5.41) is 5.66. The third kappa shape index (κ3) is 4.89. The predicted molar refractivity (Wildman–Crippen MR) is 99.2 cm³/mol. The van der Waals surface area contributed by atoms with E-state index in [1.807, 2.05) is 43.3 Å². The summed E-state index contributed by atoms with van der Waals surface area (Å²) in [6, 6.07) is 11.2. The summed E-state index contributed by atoms with van der Waals surface area (Å²) in [4.78, 5) is 12.1. The Kier molecular flexibility index (Phi) is 6.49. The molecule has 0 radical (unpaired) electrons. The molecule has 5 nitrogen and oxygen atoms in total. The fraction of sp³-hybridized carbons (Fsp3) is 0.278. The molecule has 0 unspecified atom stereocenters. The molecule has 2 amide bonds. The lowest BCUT2D eigenvalue weighted by atomic mass is 10.1. The maximum absolute atomic E-state index is 12.1. The summed E-state index contributed by atoms with van der Waals surface area (Å²) >= 11 is 3.44. The van der Waals surface area contributed by atoms with Crippen molar-refractivity contribution in [3.8, 4) is 11.5 Å². The van der Waals surface area contributed by atoms with Gasteiger partial charge in [-0.15, -0.1) is 0 Å². The van der Waals surface area contributed by atoms with Crippen LogP contribution in [0.4, 0.5) is 10.5 Å². The van der Waals surface area contributed by atoms with Gasteiger partial charge in [-0.25, -0.2) is 4.79 Å². The fourth-order valence-electron chi connectivity index (χ4n) is 2.34. The highest BCUT2D eigenvalue weighted by Gasteiger charge is 2.08. The number of aryl methyl sites for hydroxylation is 1. The zero-order valence-corrected chi connectivity index (χ0v) is 15.6. The molecule has 0 aromatic heterocycles. The maximum Gasteiger partial charge on any atom is 0.319 e. The number of ether oxygens (including phenoxy) is 2. The van der Waals surface area contributed by atoms with Gasteiger partial charge in [-0.05, 0) is 54.8 Å². The highest BCUT2D eigenvalue weighted by Crippen LogP contribution is 2.25. The molecule has 0 saturated heterocycles. The number of urea groups is 1. The number of benzene rings is 2. The van der Waals surface area contributed by atoms with E-state index in [9.17, 15) is 4.79 Å². The van der Waals surface area contributed by atoms with Gasteiger partial charge in [0.25, 0.3) is 0 Å². The van der Waals surface area contributed by atoms with Gasteiger partial charge >= 0.3 is 6.03 Å². The lowest BCUT2D eigenvalue weighted by Gasteiger charge is -2.13. The van der Waals surface area contributed by atoms with Gasteiger partial charge in [0.2, 0.25) is 0 Å². The molecule has 0 atom stereocenters. The van der Waals surface area contributed by atoms with Crippen molar-refractivity contribution in [2.45, 2.75) is 13.3 Å². The average Bonchev–Trinajstić information content (AvgIpc) is 2.55. The van der Waals surface area contributed by atoms with Crippen molar-refractivity contribution >= 4 is 27.6 Å². The second kappa shape index (κ2) is 8.59. The van der Waals surface area contributed by atoms with Crippen LogP contribution in [-0.2, 0) is 6.42 Å². The first-order valence-corrected chi connectivity index (χ1v) is 8.34. The zero-order chi connectivity index (χ0) is 17.5. The molecule has 0 aliphatic rings. The van der Waals surface area contributed by atoms with Crippen LogP contribution < -0.4 is 20.1 Å². The minimum Gasteiger partial charge on any atom is -0.496 e. The number of halogens is 1. The van der Waals surface area contributed by atoms with Crippen molar-refractivity contribution in [2.75, 3.05) is 26.1 Å². The van der Waals surface area contributed by atoms with Crippen LogP contribution in [-0.4, -0.2) is 26.8 Å². The lowest BCUT2D eigenvalue weighted by Crippen LogP contribution is -2.30. The van der Waals surface area contributed by atoms with Gasteiger partial charge in [0.15, 0.2) is 0 Å². The lowest BCUT2D eigenvalue weighted by molar-refractivity contribution is 0.252. The first kappa shape index (κ1) is 18.1. The molecule has 0 aliphatic carbocycles. The number of amides is 2. The van der Waals surface area contributed by atoms with Crippen LogP contribution in [0, 0.1) is 6.92 Å². The van der Waals surface area contributed by atoms with E-state index in [0.29, 0.717) is 24.4 Å². The smallest absolute Gasteiger partial charge is 0.319 e.